The van der Waals surface area contributed by atoms with Crippen LogP contribution in [0.4, 0.5) is 17.1 Å². The minimum absolute atomic E-state index is 0.881. The first-order chi connectivity index (χ1) is 32.2. The molecule has 0 N–H and O–H groups in total. The van der Waals surface area contributed by atoms with Gasteiger partial charge < -0.3 is 13.9 Å². The van der Waals surface area contributed by atoms with Gasteiger partial charge in [0.25, 0.3) is 0 Å². The van der Waals surface area contributed by atoms with Crippen LogP contribution in [-0.4, -0.2) is 4.57 Å². The van der Waals surface area contributed by atoms with Gasteiger partial charge in [-0.3, -0.25) is 0 Å². The number of anilines is 3. The van der Waals surface area contributed by atoms with Crippen LogP contribution in [0.2, 0.25) is 0 Å². The fourth-order valence-corrected chi connectivity index (χ4v) is 10.1. The van der Waals surface area contributed by atoms with Crippen LogP contribution in [0.25, 0.3) is 104 Å². The van der Waals surface area contributed by atoms with E-state index in [0.29, 0.717) is 0 Å². The summed E-state index contributed by atoms with van der Waals surface area (Å²) < 4.78 is 9.23. The van der Waals surface area contributed by atoms with Crippen molar-refractivity contribution in [1.29, 1.82) is 0 Å². The number of aromatic nitrogens is 1. The molecule has 0 saturated carbocycles. The number of benzene rings is 11. The highest BCUT2D eigenvalue weighted by Crippen LogP contribution is 2.46. The van der Waals surface area contributed by atoms with Crippen molar-refractivity contribution >= 4 is 82.4 Å². The van der Waals surface area contributed by atoms with Crippen LogP contribution < -0.4 is 4.90 Å². The van der Waals surface area contributed by atoms with Crippen molar-refractivity contribution in [3.05, 3.63) is 243 Å². The Morgan fingerprint density at radius 3 is 1.63 bits per heavy atom. The van der Waals surface area contributed by atoms with Gasteiger partial charge in [0.1, 0.15) is 11.2 Å². The van der Waals surface area contributed by atoms with E-state index in [2.05, 4.69) is 252 Å². The third-order valence-corrected chi connectivity index (χ3v) is 13.2. The molecule has 2 aromatic heterocycles. The topological polar surface area (TPSA) is 21.3 Å². The molecule has 65 heavy (non-hydrogen) atoms. The summed E-state index contributed by atoms with van der Waals surface area (Å²) in [6, 6.07) is 87.7. The summed E-state index contributed by atoms with van der Waals surface area (Å²) in [4.78, 5) is 2.40. The zero-order valence-corrected chi connectivity index (χ0v) is 35.4. The minimum Gasteiger partial charge on any atom is -0.455 e. The summed E-state index contributed by atoms with van der Waals surface area (Å²) in [5.74, 6) is 0. The van der Waals surface area contributed by atoms with E-state index in [-0.39, 0.29) is 0 Å². The number of fused-ring (bicyclic) bond motifs is 8. The lowest BCUT2D eigenvalue weighted by molar-refractivity contribution is 0.670. The van der Waals surface area contributed by atoms with E-state index in [9.17, 15) is 0 Å². The molecule has 0 fully saturated rings. The molecule has 11 aromatic carbocycles. The lowest BCUT2D eigenvalue weighted by Crippen LogP contribution is -2.12. The summed E-state index contributed by atoms with van der Waals surface area (Å²) >= 11 is 0. The number of hydrogen-bond acceptors (Lipinski definition) is 2. The van der Waals surface area contributed by atoms with Gasteiger partial charge in [0.15, 0.2) is 0 Å². The summed E-state index contributed by atoms with van der Waals surface area (Å²) in [7, 11) is 0. The average molecular weight is 829 g/mol. The molecule has 13 aromatic rings. The predicted molar refractivity (Wildman–Crippen MR) is 274 cm³/mol. The SMILES string of the molecule is c1cc(N(c2ccc(-c3ccc(-c4cccc5ccccc45)cc3)cc2)c2ccccc2-c2cccc3c2oc2cc4ccccc4cc23)cc(-n2c3ccccc3c3ccccc32)c1. The first-order valence-electron chi connectivity index (χ1n) is 22.2. The molecule has 0 unspecified atom stereocenters. The van der Waals surface area contributed by atoms with Gasteiger partial charge in [-0.2, -0.15) is 0 Å². The normalized spacial score (nSPS) is 11.7. The summed E-state index contributed by atoms with van der Waals surface area (Å²) in [5, 5.41) is 9.58. The fourth-order valence-electron chi connectivity index (χ4n) is 10.1. The molecule has 0 radical (unpaired) electrons. The maximum atomic E-state index is 6.84. The van der Waals surface area contributed by atoms with Crippen LogP contribution in [0.1, 0.15) is 0 Å². The van der Waals surface area contributed by atoms with Crippen LogP contribution in [0, 0.1) is 0 Å². The first kappa shape index (κ1) is 36.9. The van der Waals surface area contributed by atoms with Gasteiger partial charge in [-0.25, -0.2) is 0 Å². The van der Waals surface area contributed by atoms with Crippen molar-refractivity contribution < 1.29 is 4.42 Å². The van der Waals surface area contributed by atoms with Gasteiger partial charge in [0.05, 0.1) is 16.7 Å². The maximum absolute atomic E-state index is 6.84. The summed E-state index contributed by atoms with van der Waals surface area (Å²) in [6.07, 6.45) is 0. The Kier molecular flexibility index (Phi) is 8.53. The molecule has 0 saturated heterocycles. The lowest BCUT2D eigenvalue weighted by atomic mass is 9.96. The molecule has 13 rings (SSSR count). The van der Waals surface area contributed by atoms with Crippen LogP contribution >= 0.6 is 0 Å². The van der Waals surface area contributed by atoms with Crippen molar-refractivity contribution in [2.24, 2.45) is 0 Å². The number of para-hydroxylation sites is 4. The Balaban J connectivity index is 0.965. The monoisotopic (exact) mass is 828 g/mol. The second-order valence-corrected chi connectivity index (χ2v) is 16.9. The zero-order valence-electron chi connectivity index (χ0n) is 35.4. The van der Waals surface area contributed by atoms with Crippen LogP contribution in [0.3, 0.4) is 0 Å². The van der Waals surface area contributed by atoms with Crippen LogP contribution in [0.5, 0.6) is 0 Å². The highest BCUT2D eigenvalue weighted by Gasteiger charge is 2.22. The number of furan rings is 1. The van der Waals surface area contributed by atoms with E-state index in [1.54, 1.807) is 0 Å². The minimum atomic E-state index is 0.881. The zero-order chi connectivity index (χ0) is 42.8. The molecule has 3 nitrogen and oxygen atoms in total. The Labute approximate surface area is 376 Å². The van der Waals surface area contributed by atoms with Gasteiger partial charge in [-0.15, -0.1) is 0 Å². The molecule has 0 aliphatic carbocycles. The fraction of sp³-hybridized carbons (Fsp3) is 0. The van der Waals surface area contributed by atoms with Gasteiger partial charge in [-0.1, -0.05) is 182 Å². The maximum Gasteiger partial charge on any atom is 0.143 e. The molecule has 0 spiro atoms. The molecule has 0 amide bonds. The van der Waals surface area contributed by atoms with E-state index in [1.807, 2.05) is 0 Å². The highest BCUT2D eigenvalue weighted by atomic mass is 16.3. The standard InChI is InChI=1S/C62H40N2O/c1-2-16-46-39-61-57(38-45(46)15-1)56-26-13-25-55(62(56)65-61)54-23-7-8-27-58(54)63(48-18-12-19-49(40-48)64-59-28-9-5-21-52(59)53-22-6-10-29-60(53)64)47-36-34-42(35-37-47)41-30-32-44(33-31-41)51-24-11-17-43-14-3-4-20-50(43)51/h1-40H. The smallest absolute Gasteiger partial charge is 0.143 e. The lowest BCUT2D eigenvalue weighted by Gasteiger charge is -2.28. The van der Waals surface area contributed by atoms with Crippen molar-refractivity contribution in [3.8, 4) is 39.1 Å². The van der Waals surface area contributed by atoms with Crippen molar-refractivity contribution in [2.75, 3.05) is 4.90 Å². The van der Waals surface area contributed by atoms with Gasteiger partial charge in [0, 0.05) is 49.7 Å². The third-order valence-electron chi connectivity index (χ3n) is 13.2. The third kappa shape index (κ3) is 6.12. The molecule has 3 heteroatoms. The largest absolute Gasteiger partial charge is 0.455 e. The van der Waals surface area contributed by atoms with Crippen LogP contribution in [-0.2, 0) is 0 Å². The Hall–Kier alpha value is -8.66. The number of nitrogens with zero attached hydrogens (tertiary/aromatic N) is 2. The number of hydrogen-bond donors (Lipinski definition) is 0. The van der Waals surface area contributed by atoms with E-state index >= 15 is 0 Å². The van der Waals surface area contributed by atoms with E-state index in [1.165, 1.54) is 60.0 Å². The molecular weight excluding hydrogens is 789 g/mol. The molecule has 0 atom stereocenters. The molecular formula is C62H40N2O. The predicted octanol–water partition coefficient (Wildman–Crippen LogP) is 17.5. The molecule has 0 bridgehead atoms. The Bertz CT molecular complexity index is 3890. The van der Waals surface area contributed by atoms with Crippen LogP contribution in [0.15, 0.2) is 247 Å². The number of rotatable bonds is 7. The second-order valence-electron chi connectivity index (χ2n) is 16.9. The van der Waals surface area contributed by atoms with E-state index in [0.717, 1.165) is 61.4 Å². The van der Waals surface area contributed by atoms with E-state index in [4.69, 9.17) is 4.42 Å². The highest BCUT2D eigenvalue weighted by molar-refractivity contribution is 6.14. The second kappa shape index (κ2) is 15.0. The molecule has 0 aliphatic rings. The van der Waals surface area contributed by atoms with Gasteiger partial charge in [-0.05, 0) is 104 Å². The Morgan fingerprint density at radius 1 is 0.323 bits per heavy atom. The first-order valence-corrected chi connectivity index (χ1v) is 22.2. The average Bonchev–Trinajstić information content (AvgIpc) is 3.91. The summed E-state index contributed by atoms with van der Waals surface area (Å²) in [5.41, 5.74) is 15.3. The van der Waals surface area contributed by atoms with Gasteiger partial charge >= 0.3 is 0 Å². The van der Waals surface area contributed by atoms with Crippen molar-refractivity contribution in [2.45, 2.75) is 0 Å². The van der Waals surface area contributed by atoms with Crippen molar-refractivity contribution in [3.63, 3.8) is 0 Å². The Morgan fingerprint density at radius 2 is 0.862 bits per heavy atom. The molecule has 2 heterocycles. The molecule has 304 valence electrons. The summed E-state index contributed by atoms with van der Waals surface area (Å²) in [6.45, 7) is 0. The van der Waals surface area contributed by atoms with E-state index < -0.39 is 0 Å². The van der Waals surface area contributed by atoms with Crippen molar-refractivity contribution in [1.82, 2.24) is 4.57 Å². The quantitative estimate of drug-likeness (QED) is 0.160. The van der Waals surface area contributed by atoms with Gasteiger partial charge in [0.2, 0.25) is 0 Å². The molecule has 0 aliphatic heterocycles.